The first-order valence-corrected chi connectivity index (χ1v) is 12.7. The second kappa shape index (κ2) is 8.10. The molecule has 6 aromatic heterocycles. The Kier molecular flexibility index (Phi) is 4.71. The molecule has 8 nitrogen and oxygen atoms in total. The van der Waals surface area contributed by atoms with E-state index in [1.807, 2.05) is 30.3 Å². The summed E-state index contributed by atoms with van der Waals surface area (Å²) in [4.78, 5) is 31.8. The molecule has 0 aliphatic carbocycles. The van der Waals surface area contributed by atoms with Gasteiger partial charge in [0.25, 0.3) is 0 Å². The zero-order valence-corrected chi connectivity index (χ0v) is 20.3. The van der Waals surface area contributed by atoms with Crippen molar-refractivity contribution in [3.05, 3.63) is 61.1 Å². The van der Waals surface area contributed by atoms with Crippen LogP contribution in [0.15, 0.2) is 61.1 Å². The molecule has 36 heavy (non-hydrogen) atoms. The fraction of sp³-hybridized carbons (Fsp3) is 0.148. The van der Waals surface area contributed by atoms with Crippen molar-refractivity contribution >= 4 is 81.7 Å². The van der Waals surface area contributed by atoms with Crippen molar-refractivity contribution in [3.8, 4) is 0 Å². The highest BCUT2D eigenvalue weighted by Crippen LogP contribution is 2.30. The van der Waals surface area contributed by atoms with Crippen molar-refractivity contribution in [3.63, 3.8) is 0 Å². The number of thiophene rings is 1. The van der Waals surface area contributed by atoms with Crippen LogP contribution in [-0.2, 0) is 0 Å². The van der Waals surface area contributed by atoms with E-state index in [2.05, 4.69) is 44.2 Å². The average molecular weight is 492 g/mol. The van der Waals surface area contributed by atoms with Gasteiger partial charge in [0, 0.05) is 39.7 Å². The van der Waals surface area contributed by atoms with E-state index in [4.69, 9.17) is 4.98 Å². The van der Waals surface area contributed by atoms with Gasteiger partial charge in [-0.25, -0.2) is 9.97 Å². The number of H-pyrrole nitrogens is 2. The maximum Gasteiger partial charge on any atom is 0.232 e. The number of para-hydroxylation sites is 1. The molecule has 1 aromatic carbocycles. The van der Waals surface area contributed by atoms with Gasteiger partial charge in [-0.05, 0) is 36.8 Å². The van der Waals surface area contributed by atoms with Crippen LogP contribution in [0.25, 0.3) is 64.4 Å². The van der Waals surface area contributed by atoms with Crippen molar-refractivity contribution < 1.29 is 4.79 Å². The summed E-state index contributed by atoms with van der Waals surface area (Å²) in [5.74, 6) is 0.0551. The number of nitrogens with zero attached hydrogens (tertiary/aromatic N) is 5. The molecule has 9 heteroatoms. The Labute approximate surface area is 208 Å². The van der Waals surface area contributed by atoms with Crippen LogP contribution in [0.2, 0.25) is 0 Å². The molecule has 0 radical (unpaired) electrons. The molecule has 7 rings (SSSR count). The minimum atomic E-state index is 0.0551. The number of unbranched alkanes of at least 4 members (excludes halogenated alkanes) is 1. The third-order valence-electron chi connectivity index (χ3n) is 6.54. The number of rotatable bonds is 3. The highest BCUT2D eigenvalue weighted by atomic mass is 32.1. The summed E-state index contributed by atoms with van der Waals surface area (Å²) < 4.78 is 2.83. The van der Waals surface area contributed by atoms with Crippen LogP contribution in [-0.4, -0.2) is 40.6 Å². The highest BCUT2D eigenvalue weighted by Gasteiger charge is 2.13. The van der Waals surface area contributed by atoms with Gasteiger partial charge in [-0.15, -0.1) is 11.3 Å². The lowest BCUT2D eigenvalue weighted by atomic mass is 10.2. The number of aromatic nitrogens is 7. The van der Waals surface area contributed by atoms with Gasteiger partial charge in [0.2, 0.25) is 5.91 Å². The number of fused-ring (bicyclic) bond motifs is 9. The highest BCUT2D eigenvalue weighted by molar-refractivity contribution is 7.24. The van der Waals surface area contributed by atoms with Crippen molar-refractivity contribution in [1.82, 2.24) is 34.7 Å². The van der Waals surface area contributed by atoms with E-state index >= 15 is 0 Å². The molecule has 0 spiro atoms. The lowest BCUT2D eigenvalue weighted by Crippen LogP contribution is -2.10. The van der Waals surface area contributed by atoms with Crippen LogP contribution < -0.4 is 0 Å². The van der Waals surface area contributed by atoms with Gasteiger partial charge in [0.1, 0.15) is 10.3 Å². The Morgan fingerprint density at radius 3 is 2.83 bits per heavy atom. The Balaban J connectivity index is 1.72. The summed E-state index contributed by atoms with van der Waals surface area (Å²) in [5, 5.41) is 11.2. The molecule has 7 aromatic rings. The SMILES string of the molecule is CCCCC(=O)n1c2cncc(c2)c2cnc3[nH]nc(c4nc5c(cccc5c5ccc1s5)[nH]4)c3c2. The van der Waals surface area contributed by atoms with Crippen LogP contribution in [0, 0.1) is 0 Å². The average Bonchev–Trinajstić information content (AvgIpc) is 3.64. The maximum atomic E-state index is 13.5. The third kappa shape index (κ3) is 3.24. The lowest BCUT2D eigenvalue weighted by Gasteiger charge is -2.07. The van der Waals surface area contributed by atoms with Crippen LogP contribution in [0.3, 0.4) is 0 Å². The molecule has 6 heterocycles. The van der Waals surface area contributed by atoms with E-state index in [1.54, 1.807) is 34.5 Å². The van der Waals surface area contributed by atoms with Crippen molar-refractivity contribution in [1.29, 1.82) is 0 Å². The monoisotopic (exact) mass is 491 g/mol. The van der Waals surface area contributed by atoms with Crippen molar-refractivity contribution in [2.24, 2.45) is 0 Å². The Morgan fingerprint density at radius 1 is 1.00 bits per heavy atom. The summed E-state index contributed by atoms with van der Waals surface area (Å²) in [7, 11) is 0. The largest absolute Gasteiger partial charge is 0.337 e. The summed E-state index contributed by atoms with van der Waals surface area (Å²) in [6.07, 6.45) is 7.60. The number of imidazole rings is 1. The summed E-state index contributed by atoms with van der Waals surface area (Å²) in [6.45, 7) is 2.09. The van der Waals surface area contributed by atoms with E-state index in [9.17, 15) is 4.79 Å². The number of benzene rings is 1. The van der Waals surface area contributed by atoms with E-state index in [-0.39, 0.29) is 5.91 Å². The van der Waals surface area contributed by atoms with Gasteiger partial charge < -0.3 is 4.98 Å². The first-order chi connectivity index (χ1) is 17.7. The molecule has 8 bridgehead atoms. The number of carbonyl (C=O) groups is 1. The molecule has 0 atom stereocenters. The zero-order valence-electron chi connectivity index (χ0n) is 19.4. The maximum absolute atomic E-state index is 13.5. The number of aromatic amines is 2. The van der Waals surface area contributed by atoms with Crippen LogP contribution in [0.5, 0.6) is 0 Å². The fourth-order valence-electron chi connectivity index (χ4n) is 4.72. The number of hydrogen-bond donors (Lipinski definition) is 2. The minimum Gasteiger partial charge on any atom is -0.337 e. The second-order valence-electron chi connectivity index (χ2n) is 8.88. The predicted molar refractivity (Wildman–Crippen MR) is 145 cm³/mol. The first-order valence-electron chi connectivity index (χ1n) is 11.9. The molecule has 0 unspecified atom stereocenters. The molecular formula is C27H21N7OS. The first kappa shape index (κ1) is 21.0. The Bertz CT molecular complexity index is 2030. The molecule has 0 saturated carbocycles. The molecule has 0 fully saturated rings. The van der Waals surface area contributed by atoms with Crippen LogP contribution >= 0.6 is 11.3 Å². The number of pyridine rings is 2. The minimum absolute atomic E-state index is 0.0551. The van der Waals surface area contributed by atoms with Crippen LogP contribution in [0.4, 0.5) is 0 Å². The topological polar surface area (TPSA) is 105 Å². The lowest BCUT2D eigenvalue weighted by molar-refractivity contribution is 0.0909. The second-order valence-corrected chi connectivity index (χ2v) is 9.94. The molecule has 0 amide bonds. The molecule has 0 aliphatic heterocycles. The van der Waals surface area contributed by atoms with E-state index in [0.29, 0.717) is 23.2 Å². The van der Waals surface area contributed by atoms with Crippen molar-refractivity contribution in [2.45, 2.75) is 26.2 Å². The zero-order chi connectivity index (χ0) is 24.2. The van der Waals surface area contributed by atoms with Gasteiger partial charge in [0.15, 0.2) is 11.3 Å². The molecular weight excluding hydrogens is 470 g/mol. The standard InChI is InChI=1S/C27H21N7OS/c1-2-3-7-22(35)34-17-10-15(12-28-14-17)16-11-19-25(32-33-26(19)29-13-16)27-30-20-6-4-5-18(24(20)31-27)21-8-9-23(34)36-21/h4-6,8-14H,2-3,7H2,1H3,(H,30,31)(H,29,32,33). The summed E-state index contributed by atoms with van der Waals surface area (Å²) >= 11 is 1.58. The van der Waals surface area contributed by atoms with Gasteiger partial charge in [-0.3, -0.25) is 19.4 Å². The van der Waals surface area contributed by atoms with Gasteiger partial charge in [-0.2, -0.15) is 5.10 Å². The predicted octanol–water partition coefficient (Wildman–Crippen LogP) is 6.66. The number of hydrogen-bond acceptors (Lipinski definition) is 6. The quantitative estimate of drug-likeness (QED) is 0.287. The smallest absolute Gasteiger partial charge is 0.232 e. The van der Waals surface area contributed by atoms with Gasteiger partial charge in [-0.1, -0.05) is 25.5 Å². The Morgan fingerprint density at radius 2 is 1.92 bits per heavy atom. The van der Waals surface area contributed by atoms with Gasteiger partial charge >= 0.3 is 0 Å². The molecule has 0 saturated heterocycles. The summed E-state index contributed by atoms with van der Waals surface area (Å²) in [5.41, 5.74) is 4.60. The number of carbonyl (C=O) groups excluding carboxylic acids is 1. The normalized spacial score (nSPS) is 11.9. The fourth-order valence-corrected chi connectivity index (χ4v) is 5.79. The van der Waals surface area contributed by atoms with E-state index in [1.165, 1.54) is 0 Å². The molecule has 0 aliphatic rings. The van der Waals surface area contributed by atoms with Crippen molar-refractivity contribution in [2.75, 3.05) is 0 Å². The third-order valence-corrected chi connectivity index (χ3v) is 7.64. The van der Waals surface area contributed by atoms with Crippen LogP contribution in [0.1, 0.15) is 31.0 Å². The molecule has 176 valence electrons. The number of nitrogens with one attached hydrogen (secondary N) is 2. The Hall–Kier alpha value is -4.37. The summed E-state index contributed by atoms with van der Waals surface area (Å²) in [6, 6.07) is 14.2. The molecule has 2 N–H and O–H groups in total. The van der Waals surface area contributed by atoms with E-state index in [0.717, 1.165) is 60.5 Å². The van der Waals surface area contributed by atoms with Gasteiger partial charge in [0.05, 0.1) is 28.1 Å². The van der Waals surface area contributed by atoms with E-state index < -0.39 is 0 Å².